The van der Waals surface area contributed by atoms with Gasteiger partial charge in [0.2, 0.25) is 0 Å². The summed E-state index contributed by atoms with van der Waals surface area (Å²) in [7, 11) is 5.07. The molecule has 2 atom stereocenters. The number of H-pyrrole nitrogens is 1. The predicted octanol–water partition coefficient (Wildman–Crippen LogP) is 3.41. The van der Waals surface area contributed by atoms with E-state index in [9.17, 15) is 9.18 Å². The fourth-order valence-electron chi connectivity index (χ4n) is 4.01. The summed E-state index contributed by atoms with van der Waals surface area (Å²) in [6.45, 7) is 1.31. The van der Waals surface area contributed by atoms with E-state index in [2.05, 4.69) is 32.9 Å². The minimum absolute atomic E-state index is 0.187. The monoisotopic (exact) mass is 449 g/mol. The zero-order valence-electron chi connectivity index (χ0n) is 19.0. The number of rotatable bonds is 5. The van der Waals surface area contributed by atoms with Crippen molar-refractivity contribution in [3.05, 3.63) is 53.7 Å². The van der Waals surface area contributed by atoms with Gasteiger partial charge in [-0.2, -0.15) is 0 Å². The number of aromatic nitrogens is 1. The van der Waals surface area contributed by atoms with Crippen molar-refractivity contribution in [1.82, 2.24) is 15.2 Å². The molecule has 2 heterocycles. The van der Waals surface area contributed by atoms with Gasteiger partial charge in [0.05, 0.1) is 24.5 Å². The number of carbonyl (C=O) groups excluding carboxylic acids is 1. The number of likely N-dealkylation sites (tertiary alicyclic amines) is 1. The van der Waals surface area contributed by atoms with Crippen LogP contribution in [-0.2, 0) is 0 Å². The molecule has 0 radical (unpaired) electrons. The van der Waals surface area contributed by atoms with Gasteiger partial charge in [-0.3, -0.25) is 4.79 Å². The SMILES string of the molecule is CNC(=O)c1ccc(NC#Cc2cc3c(NC4CCN(C)CC4F)cccc3[nH]2)c(OC)c1. The first-order chi connectivity index (χ1) is 16.0. The molecule has 0 saturated carbocycles. The zero-order valence-corrected chi connectivity index (χ0v) is 19.0. The summed E-state index contributed by atoms with van der Waals surface area (Å²) in [6, 6.07) is 15.7. The van der Waals surface area contributed by atoms with Crippen LogP contribution >= 0.6 is 0 Å². The minimum atomic E-state index is -0.911. The Hall–Kier alpha value is -3.70. The summed E-state index contributed by atoms with van der Waals surface area (Å²) in [5, 5.41) is 9.97. The summed E-state index contributed by atoms with van der Waals surface area (Å²) in [5.41, 5.74) is 3.72. The minimum Gasteiger partial charge on any atom is -0.495 e. The van der Waals surface area contributed by atoms with Crippen LogP contribution in [0.4, 0.5) is 15.8 Å². The van der Waals surface area contributed by atoms with E-state index in [1.54, 1.807) is 32.4 Å². The van der Waals surface area contributed by atoms with Gasteiger partial charge in [-0.25, -0.2) is 4.39 Å². The number of amides is 1. The van der Waals surface area contributed by atoms with E-state index in [0.717, 1.165) is 35.2 Å². The number of nitrogens with one attached hydrogen (secondary N) is 4. The summed E-state index contributed by atoms with van der Waals surface area (Å²) >= 11 is 0. The summed E-state index contributed by atoms with van der Waals surface area (Å²) in [4.78, 5) is 17.1. The molecule has 33 heavy (non-hydrogen) atoms. The Morgan fingerprint density at radius 3 is 2.85 bits per heavy atom. The van der Waals surface area contributed by atoms with Crippen LogP contribution in [0.25, 0.3) is 10.9 Å². The van der Waals surface area contributed by atoms with Gasteiger partial charge in [0.1, 0.15) is 11.9 Å². The van der Waals surface area contributed by atoms with Gasteiger partial charge >= 0.3 is 0 Å². The molecule has 1 aliphatic heterocycles. The molecule has 4 rings (SSSR count). The maximum Gasteiger partial charge on any atom is 0.251 e. The molecule has 1 aliphatic rings. The Morgan fingerprint density at radius 2 is 2.09 bits per heavy atom. The van der Waals surface area contributed by atoms with Crippen molar-refractivity contribution in [3.8, 4) is 17.7 Å². The molecule has 1 saturated heterocycles. The molecule has 1 amide bonds. The fourth-order valence-corrected chi connectivity index (χ4v) is 4.01. The Bertz CT molecular complexity index is 1210. The van der Waals surface area contributed by atoms with Crippen molar-refractivity contribution in [1.29, 1.82) is 0 Å². The van der Waals surface area contributed by atoms with Crippen LogP contribution in [-0.4, -0.2) is 62.3 Å². The Kier molecular flexibility index (Phi) is 6.71. The van der Waals surface area contributed by atoms with Crippen LogP contribution in [0.5, 0.6) is 5.75 Å². The first kappa shape index (κ1) is 22.5. The molecular weight excluding hydrogens is 421 g/mol. The lowest BCUT2D eigenvalue weighted by molar-refractivity contribution is 0.0962. The molecular formula is C25H28FN5O2. The van der Waals surface area contributed by atoms with Crippen LogP contribution in [0.2, 0.25) is 0 Å². The normalized spacial score (nSPS) is 18.3. The van der Waals surface area contributed by atoms with Crippen molar-refractivity contribution in [3.63, 3.8) is 0 Å². The molecule has 1 fully saturated rings. The molecule has 0 aliphatic carbocycles. The van der Waals surface area contributed by atoms with Crippen LogP contribution in [0.1, 0.15) is 22.5 Å². The number of carbonyl (C=O) groups is 1. The molecule has 8 heteroatoms. The summed E-state index contributed by atoms with van der Waals surface area (Å²) in [6.07, 6.45) is -0.151. The van der Waals surface area contributed by atoms with Gasteiger partial charge in [0.25, 0.3) is 5.91 Å². The molecule has 3 aromatic rings. The largest absolute Gasteiger partial charge is 0.495 e. The van der Waals surface area contributed by atoms with E-state index >= 15 is 0 Å². The topological polar surface area (TPSA) is 81.4 Å². The second-order valence-electron chi connectivity index (χ2n) is 8.14. The third-order valence-electron chi connectivity index (χ3n) is 5.83. The predicted molar refractivity (Wildman–Crippen MR) is 130 cm³/mol. The lowest BCUT2D eigenvalue weighted by atomic mass is 10.0. The number of nitrogens with zero attached hydrogens (tertiary/aromatic N) is 1. The third kappa shape index (κ3) is 5.04. The van der Waals surface area contributed by atoms with Crippen molar-refractivity contribution >= 4 is 28.2 Å². The fraction of sp³-hybridized carbons (Fsp3) is 0.320. The van der Waals surface area contributed by atoms with Crippen molar-refractivity contribution < 1.29 is 13.9 Å². The Balaban J connectivity index is 1.51. The smallest absolute Gasteiger partial charge is 0.251 e. The first-order valence-electron chi connectivity index (χ1n) is 10.9. The van der Waals surface area contributed by atoms with Crippen molar-refractivity contribution in [2.75, 3.05) is 44.9 Å². The van der Waals surface area contributed by atoms with Crippen LogP contribution in [0, 0.1) is 12.0 Å². The number of fused-ring (bicyclic) bond motifs is 1. The van der Waals surface area contributed by atoms with Crippen molar-refractivity contribution in [2.45, 2.75) is 18.6 Å². The zero-order chi connectivity index (χ0) is 23.4. The molecule has 2 aromatic carbocycles. The van der Waals surface area contributed by atoms with Gasteiger partial charge in [-0.05, 0) is 55.8 Å². The second kappa shape index (κ2) is 9.84. The first-order valence-corrected chi connectivity index (χ1v) is 10.9. The number of hydrogen-bond donors (Lipinski definition) is 4. The van der Waals surface area contributed by atoms with Crippen LogP contribution < -0.4 is 20.7 Å². The number of benzene rings is 2. The Labute approximate surface area is 192 Å². The average Bonchev–Trinajstić information content (AvgIpc) is 3.24. The Morgan fingerprint density at radius 1 is 1.24 bits per heavy atom. The number of hydrogen-bond acceptors (Lipinski definition) is 5. The molecule has 0 spiro atoms. The van der Waals surface area contributed by atoms with Crippen LogP contribution in [0.15, 0.2) is 42.5 Å². The standard InChI is InChI=1S/C25H28FN5O2/c1-27-25(32)16-7-8-23(24(13-16)33-3)28-11-9-17-14-18-20(29-17)5-4-6-21(18)30-22-10-12-31(2)15-19(22)26/h4-8,13-14,19,22,28-30H,10,12,15H2,1-3H3,(H,27,32). The lowest BCUT2D eigenvalue weighted by Gasteiger charge is -2.33. The van der Waals surface area contributed by atoms with Crippen molar-refractivity contribution in [2.24, 2.45) is 0 Å². The van der Waals surface area contributed by atoms with Gasteiger partial charge < -0.3 is 30.6 Å². The molecule has 1 aromatic heterocycles. The van der Waals surface area contributed by atoms with Crippen LogP contribution in [0.3, 0.4) is 0 Å². The maximum absolute atomic E-state index is 14.5. The van der Waals surface area contributed by atoms with Gasteiger partial charge in [0.15, 0.2) is 0 Å². The van der Waals surface area contributed by atoms with Gasteiger partial charge in [-0.1, -0.05) is 6.07 Å². The molecule has 4 N–H and O–H groups in total. The molecule has 2 unspecified atom stereocenters. The number of alkyl halides is 1. The summed E-state index contributed by atoms with van der Waals surface area (Å²) in [5.74, 6) is 3.40. The number of methoxy groups -OCH3 is 1. The summed E-state index contributed by atoms with van der Waals surface area (Å²) < 4.78 is 19.9. The average molecular weight is 450 g/mol. The number of anilines is 2. The highest BCUT2D eigenvalue weighted by atomic mass is 19.1. The highest BCUT2D eigenvalue weighted by molar-refractivity contribution is 5.95. The highest BCUT2D eigenvalue weighted by Gasteiger charge is 2.27. The van der Waals surface area contributed by atoms with E-state index in [1.807, 2.05) is 36.2 Å². The second-order valence-corrected chi connectivity index (χ2v) is 8.14. The van der Waals surface area contributed by atoms with E-state index < -0.39 is 6.17 Å². The number of aromatic amines is 1. The third-order valence-corrected chi connectivity index (χ3v) is 5.83. The quantitative estimate of drug-likeness (QED) is 0.355. The number of halogens is 1. The number of ether oxygens (including phenoxy) is 1. The van der Waals surface area contributed by atoms with E-state index in [1.165, 1.54) is 0 Å². The number of piperidine rings is 1. The van der Waals surface area contributed by atoms with E-state index in [4.69, 9.17) is 4.74 Å². The van der Waals surface area contributed by atoms with Gasteiger partial charge in [-0.15, -0.1) is 0 Å². The molecule has 0 bridgehead atoms. The maximum atomic E-state index is 14.5. The highest BCUT2D eigenvalue weighted by Crippen LogP contribution is 2.28. The van der Waals surface area contributed by atoms with E-state index in [0.29, 0.717) is 23.5 Å². The van der Waals surface area contributed by atoms with E-state index in [-0.39, 0.29) is 11.9 Å². The lowest BCUT2D eigenvalue weighted by Crippen LogP contribution is -2.46. The van der Waals surface area contributed by atoms with Gasteiger partial charge in [0, 0.05) is 48.3 Å². The molecule has 172 valence electrons. The molecule has 7 nitrogen and oxygen atoms in total.